The Bertz CT molecular complexity index is 1100. The maximum Gasteiger partial charge on any atom is 0.164 e. The molecule has 1 heterocycles. The molecule has 0 amide bonds. The Morgan fingerprint density at radius 2 is 1.59 bits per heavy atom. The predicted octanol–water partition coefficient (Wildman–Crippen LogP) is 7.41. The molecule has 32 heavy (non-hydrogen) atoms. The first-order chi connectivity index (χ1) is 14.3. The third kappa shape index (κ3) is 7.12. The van der Waals surface area contributed by atoms with E-state index in [4.69, 9.17) is 0 Å². The average molecular weight is 609 g/mol. The van der Waals surface area contributed by atoms with E-state index in [1.54, 1.807) is 0 Å². The quantitative estimate of drug-likeness (QED) is 0.187. The Morgan fingerprint density at radius 1 is 0.969 bits per heavy atom. The normalized spacial score (nSPS) is 11.9. The predicted molar refractivity (Wildman–Crippen MR) is 130 cm³/mol. The van der Waals surface area contributed by atoms with Gasteiger partial charge in [0.05, 0.1) is 0 Å². The second-order valence-electron chi connectivity index (χ2n) is 9.94. The number of carbonyl (C=O) groups is 1. The summed E-state index contributed by atoms with van der Waals surface area (Å²) in [5, 5.41) is 12.0. The van der Waals surface area contributed by atoms with Gasteiger partial charge in [-0.3, -0.25) is 4.79 Å². The Labute approximate surface area is 206 Å². The number of aliphatic hydroxyl groups excluding tert-OH is 1. The molecule has 0 aliphatic rings. The van der Waals surface area contributed by atoms with E-state index in [1.165, 1.54) is 28.0 Å². The molecule has 1 radical (unpaired) electrons. The van der Waals surface area contributed by atoms with E-state index < -0.39 is 5.41 Å². The first-order valence-corrected chi connectivity index (χ1v) is 10.6. The molecule has 0 atom stereocenters. The van der Waals surface area contributed by atoms with Gasteiger partial charge in [-0.15, -0.1) is 35.4 Å². The van der Waals surface area contributed by atoms with Crippen LogP contribution in [0.3, 0.4) is 0 Å². The zero-order valence-corrected chi connectivity index (χ0v) is 22.7. The van der Waals surface area contributed by atoms with Gasteiger partial charge in [-0.1, -0.05) is 78.3 Å². The van der Waals surface area contributed by atoms with Crippen LogP contribution < -0.4 is 0 Å². The molecular weight excluding hydrogens is 575 g/mol. The van der Waals surface area contributed by atoms with E-state index in [0.29, 0.717) is 0 Å². The van der Waals surface area contributed by atoms with Crippen LogP contribution in [0, 0.1) is 30.7 Å². The summed E-state index contributed by atoms with van der Waals surface area (Å²) in [5.41, 5.74) is 3.80. The van der Waals surface area contributed by atoms with Crippen LogP contribution in [0.25, 0.3) is 22.0 Å². The number of carbonyl (C=O) groups excluding carboxylic acids is 1. The number of aromatic nitrogens is 1. The van der Waals surface area contributed by atoms with Gasteiger partial charge in [0.25, 0.3) is 0 Å². The van der Waals surface area contributed by atoms with Crippen molar-refractivity contribution in [3.05, 3.63) is 77.7 Å². The van der Waals surface area contributed by atoms with Gasteiger partial charge in [-0.25, -0.2) is 0 Å². The van der Waals surface area contributed by atoms with Crippen LogP contribution in [0.4, 0.5) is 0 Å². The van der Waals surface area contributed by atoms with Crippen molar-refractivity contribution in [3.63, 3.8) is 0 Å². The van der Waals surface area contributed by atoms with Gasteiger partial charge in [0.2, 0.25) is 0 Å². The number of hydrogen-bond acceptors (Lipinski definition) is 3. The van der Waals surface area contributed by atoms with Crippen molar-refractivity contribution < 1.29 is 30.0 Å². The first kappa shape index (κ1) is 27.7. The van der Waals surface area contributed by atoms with Crippen molar-refractivity contribution in [2.45, 2.75) is 55.4 Å². The fourth-order valence-corrected chi connectivity index (χ4v) is 2.89. The molecule has 2 aromatic carbocycles. The molecule has 0 saturated carbocycles. The molecule has 0 aliphatic carbocycles. The summed E-state index contributed by atoms with van der Waals surface area (Å²) in [7, 11) is 0. The number of benzene rings is 2. The number of pyridine rings is 1. The summed E-state index contributed by atoms with van der Waals surface area (Å²) in [6.07, 6.45) is 3.28. The van der Waals surface area contributed by atoms with E-state index >= 15 is 0 Å². The third-order valence-corrected chi connectivity index (χ3v) is 5.13. The van der Waals surface area contributed by atoms with E-state index in [1.807, 2.05) is 65.9 Å². The molecular formula is C28H34IrNO2-. The minimum atomic E-state index is -0.417. The molecule has 3 nitrogen and oxygen atoms in total. The van der Waals surface area contributed by atoms with Gasteiger partial charge in [0.15, 0.2) is 5.78 Å². The summed E-state index contributed by atoms with van der Waals surface area (Å²) in [5.74, 6) is 0.104. The monoisotopic (exact) mass is 609 g/mol. The van der Waals surface area contributed by atoms with Crippen molar-refractivity contribution >= 4 is 16.6 Å². The zero-order chi connectivity index (χ0) is 23.4. The largest absolute Gasteiger partial charge is 0.512 e. The molecule has 1 N–H and O–H groups in total. The molecule has 4 heteroatoms. The summed E-state index contributed by atoms with van der Waals surface area (Å²) in [4.78, 5) is 16.1. The summed E-state index contributed by atoms with van der Waals surface area (Å²) in [6, 6.07) is 17.7. The Balaban J connectivity index is 0.000000330. The van der Waals surface area contributed by atoms with Gasteiger partial charge >= 0.3 is 0 Å². The number of rotatable bonds is 2. The van der Waals surface area contributed by atoms with Crippen molar-refractivity contribution in [2.75, 3.05) is 0 Å². The number of aliphatic hydroxyl groups is 1. The summed E-state index contributed by atoms with van der Waals surface area (Å²) < 4.78 is 0. The van der Waals surface area contributed by atoms with Gasteiger partial charge < -0.3 is 10.1 Å². The fraction of sp³-hybridized carbons (Fsp3) is 0.357. The maximum absolute atomic E-state index is 11.5. The van der Waals surface area contributed by atoms with Crippen LogP contribution in [0.2, 0.25) is 0 Å². The molecule has 3 aromatic rings. The van der Waals surface area contributed by atoms with Crippen molar-refractivity contribution in [1.29, 1.82) is 0 Å². The van der Waals surface area contributed by atoms with E-state index in [0.717, 1.165) is 11.3 Å². The van der Waals surface area contributed by atoms with E-state index in [-0.39, 0.29) is 37.1 Å². The summed E-state index contributed by atoms with van der Waals surface area (Å²) >= 11 is 0. The first-order valence-electron chi connectivity index (χ1n) is 10.6. The molecule has 0 fully saturated rings. The number of allylic oxidation sites excluding steroid dienone is 2. The van der Waals surface area contributed by atoms with Gasteiger partial charge in [-0.05, 0) is 23.4 Å². The van der Waals surface area contributed by atoms with Gasteiger partial charge in [0.1, 0.15) is 5.76 Å². The number of hydrogen-bond donors (Lipinski definition) is 1. The van der Waals surface area contributed by atoms with E-state index in [2.05, 4.69) is 49.2 Å². The van der Waals surface area contributed by atoms with Crippen molar-refractivity contribution in [1.82, 2.24) is 4.98 Å². The van der Waals surface area contributed by atoms with Crippen molar-refractivity contribution in [3.8, 4) is 11.3 Å². The molecule has 0 saturated heterocycles. The third-order valence-electron chi connectivity index (χ3n) is 5.13. The molecule has 0 aliphatic heterocycles. The van der Waals surface area contributed by atoms with Crippen LogP contribution in [0.15, 0.2) is 60.5 Å². The molecule has 0 unspecified atom stereocenters. The van der Waals surface area contributed by atoms with Gasteiger partial charge in [0, 0.05) is 43.2 Å². The standard InChI is InChI=1S/C17H14N.C11H20O2.Ir/c1-12-7-3-5-9-15(12)17-13(2)16-10-6-4-8-14(16)11-18-17;1-10(2,3)8(12)7-9(13)11(4,5)6;/h3-8,10-11H,1-2H3;7,12H,1-6H3;/q-1;;/b;8-7-;. The maximum atomic E-state index is 11.5. The van der Waals surface area contributed by atoms with Crippen LogP contribution in [0.1, 0.15) is 52.7 Å². The van der Waals surface area contributed by atoms with Gasteiger partial charge in [-0.2, -0.15) is 0 Å². The average Bonchev–Trinajstić information content (AvgIpc) is 2.68. The molecule has 0 spiro atoms. The molecule has 0 bridgehead atoms. The van der Waals surface area contributed by atoms with Crippen LogP contribution in [-0.4, -0.2) is 15.9 Å². The van der Waals surface area contributed by atoms with Crippen LogP contribution in [0.5, 0.6) is 0 Å². The zero-order valence-electron chi connectivity index (χ0n) is 20.3. The molecule has 173 valence electrons. The number of fused-ring (bicyclic) bond motifs is 1. The number of aryl methyl sites for hydroxylation is 2. The van der Waals surface area contributed by atoms with Crippen LogP contribution >= 0.6 is 0 Å². The Morgan fingerprint density at radius 3 is 2.16 bits per heavy atom. The molecule has 3 rings (SSSR count). The Hall–Kier alpha value is -2.29. The number of ketones is 1. The second-order valence-corrected chi connectivity index (χ2v) is 9.94. The second kappa shape index (κ2) is 11.0. The van der Waals surface area contributed by atoms with E-state index in [9.17, 15) is 9.90 Å². The smallest absolute Gasteiger partial charge is 0.164 e. The number of nitrogens with zero attached hydrogens (tertiary/aromatic N) is 1. The topological polar surface area (TPSA) is 50.2 Å². The van der Waals surface area contributed by atoms with Crippen molar-refractivity contribution in [2.24, 2.45) is 10.8 Å². The summed E-state index contributed by atoms with van der Waals surface area (Å²) in [6.45, 7) is 15.3. The molecule has 1 aromatic heterocycles. The van der Waals surface area contributed by atoms with Crippen LogP contribution in [-0.2, 0) is 24.9 Å². The minimum absolute atomic E-state index is 0. The SMILES string of the molecule is CC(C)(C)C(=O)/C=C(\O)C(C)(C)C.Cc1ccc[c-]c1-c1ncc2ccccc2c1C.[Ir]. The minimum Gasteiger partial charge on any atom is -0.512 e. The fourth-order valence-electron chi connectivity index (χ4n) is 2.89. The Kier molecular flexibility index (Phi) is 9.56.